The molecule has 0 unspecified atom stereocenters. The zero-order valence-corrected chi connectivity index (χ0v) is 22.9. The van der Waals surface area contributed by atoms with E-state index in [1.807, 2.05) is 31.1 Å². The molecule has 2 N–H and O–H groups in total. The Morgan fingerprint density at radius 3 is 2.53 bits per heavy atom. The third kappa shape index (κ3) is 6.51. The van der Waals surface area contributed by atoms with Crippen molar-refractivity contribution in [1.29, 1.82) is 0 Å². The number of nitrogens with zero attached hydrogens (tertiary/aromatic N) is 4. The highest BCUT2D eigenvalue weighted by Crippen LogP contribution is 2.33. The monoisotopic (exact) mass is 518 g/mol. The lowest BCUT2D eigenvalue weighted by Gasteiger charge is -2.35. The number of hydrogen-bond acceptors (Lipinski definition) is 8. The Hall–Kier alpha value is -2.76. The summed E-state index contributed by atoms with van der Waals surface area (Å²) in [5.74, 6) is 1.12. The lowest BCUT2D eigenvalue weighted by molar-refractivity contribution is 0.0985. The number of likely N-dealkylation sites (N-methyl/N-ethyl adjacent to an activating group) is 1. The Bertz CT molecular complexity index is 1150. The third-order valence-corrected chi connectivity index (χ3v) is 8.92. The first kappa shape index (κ1) is 27.8. The zero-order chi connectivity index (χ0) is 26.5. The molecule has 1 aromatic heterocycles. The number of aromatic nitrogens is 2. The Balaban J connectivity index is 1.93. The van der Waals surface area contributed by atoms with Crippen molar-refractivity contribution in [2.45, 2.75) is 38.5 Å². The number of rotatable bonds is 9. The lowest BCUT2D eigenvalue weighted by atomic mass is 10.1. The van der Waals surface area contributed by atoms with Gasteiger partial charge in [0.15, 0.2) is 15.7 Å². The molecule has 1 fully saturated rings. The molecule has 36 heavy (non-hydrogen) atoms. The minimum atomic E-state index is -3.44. The van der Waals surface area contributed by atoms with Crippen LogP contribution in [0.2, 0.25) is 0 Å². The van der Waals surface area contributed by atoms with E-state index < -0.39 is 14.6 Å². The average molecular weight is 519 g/mol. The van der Waals surface area contributed by atoms with Gasteiger partial charge in [-0.15, -0.1) is 0 Å². The van der Waals surface area contributed by atoms with E-state index in [9.17, 15) is 13.2 Å². The topological polar surface area (TPSA) is 117 Å². The van der Waals surface area contributed by atoms with Crippen LogP contribution in [-0.4, -0.2) is 88.1 Å². The number of carbonyl (C=O) groups excluding carboxylic acids is 1. The maximum absolute atomic E-state index is 12.9. The first-order valence-electron chi connectivity index (χ1n) is 12.2. The van der Waals surface area contributed by atoms with E-state index in [1.165, 1.54) is 0 Å². The average Bonchev–Trinajstić information content (AvgIpc) is 2.84. The van der Waals surface area contributed by atoms with Gasteiger partial charge in [0.05, 0.1) is 24.9 Å². The second kappa shape index (κ2) is 11.5. The molecule has 1 aliphatic heterocycles. The van der Waals surface area contributed by atoms with E-state index in [2.05, 4.69) is 22.5 Å². The van der Waals surface area contributed by atoms with Crippen LogP contribution in [-0.2, 0) is 19.3 Å². The summed E-state index contributed by atoms with van der Waals surface area (Å²) in [5.41, 5.74) is 1.81. The molecule has 1 saturated heterocycles. The smallest absolute Gasteiger partial charge is 0.319 e. The number of ether oxygens (including phenoxy) is 1. The minimum Gasteiger partial charge on any atom is -0.377 e. The largest absolute Gasteiger partial charge is 0.377 e. The molecule has 1 atom stereocenters. The van der Waals surface area contributed by atoms with Crippen molar-refractivity contribution in [2.75, 3.05) is 62.9 Å². The summed E-state index contributed by atoms with van der Waals surface area (Å²) in [4.78, 5) is 25.8. The fourth-order valence-corrected chi connectivity index (χ4v) is 5.02. The van der Waals surface area contributed by atoms with Crippen molar-refractivity contribution >= 4 is 27.4 Å². The Morgan fingerprint density at radius 2 is 1.92 bits per heavy atom. The van der Waals surface area contributed by atoms with Gasteiger partial charge in [-0.2, -0.15) is 0 Å². The number of sulfone groups is 1. The quantitative estimate of drug-likeness (QED) is 0.521. The van der Waals surface area contributed by atoms with Crippen LogP contribution in [0.5, 0.6) is 0 Å². The molecule has 198 valence electrons. The van der Waals surface area contributed by atoms with Crippen molar-refractivity contribution in [3.05, 3.63) is 36.0 Å². The number of nitrogens with one attached hydrogen (secondary N) is 2. The molecule has 10 nitrogen and oxygen atoms in total. The molecule has 1 aromatic carbocycles. The molecule has 0 spiro atoms. The Labute approximate surface area is 214 Å². The summed E-state index contributed by atoms with van der Waals surface area (Å²) in [6.07, 6.45) is 0. The van der Waals surface area contributed by atoms with Crippen molar-refractivity contribution < 1.29 is 17.9 Å². The normalized spacial score (nSPS) is 16.8. The van der Waals surface area contributed by atoms with E-state index >= 15 is 0 Å². The number of benzene rings is 1. The van der Waals surface area contributed by atoms with Crippen LogP contribution in [0, 0.1) is 0 Å². The van der Waals surface area contributed by atoms with Gasteiger partial charge in [0.2, 0.25) is 0 Å². The van der Waals surface area contributed by atoms with Crippen molar-refractivity contribution in [2.24, 2.45) is 0 Å². The van der Waals surface area contributed by atoms with E-state index in [-0.39, 0.29) is 17.8 Å². The van der Waals surface area contributed by atoms with Crippen LogP contribution < -0.4 is 15.5 Å². The van der Waals surface area contributed by atoms with Crippen LogP contribution >= 0.6 is 0 Å². The Kier molecular flexibility index (Phi) is 8.91. The van der Waals surface area contributed by atoms with Crippen molar-refractivity contribution in [3.63, 3.8) is 0 Å². The predicted molar refractivity (Wildman–Crippen MR) is 143 cm³/mol. The lowest BCUT2D eigenvalue weighted by Crippen LogP contribution is -2.44. The fraction of sp³-hybridized carbons (Fsp3) is 0.560. The highest BCUT2D eigenvalue weighted by atomic mass is 32.2. The van der Waals surface area contributed by atoms with Crippen molar-refractivity contribution in [3.8, 4) is 11.4 Å². The minimum absolute atomic E-state index is 0.0135. The zero-order valence-electron chi connectivity index (χ0n) is 22.0. The molecular weight excluding hydrogens is 480 g/mol. The second-order valence-corrected chi connectivity index (χ2v) is 12.6. The maximum atomic E-state index is 12.9. The Morgan fingerprint density at radius 1 is 1.22 bits per heavy atom. The molecule has 1 aliphatic rings. The van der Waals surface area contributed by atoms with Gasteiger partial charge in [-0.1, -0.05) is 6.92 Å². The SMILES string of the molecule is CCS(=O)(=O)C(C)(C)c1cc(N2CCOC[C@@H]2C)nc(-c2ccc(NC(=O)NCCN(C)C)cc2)n1. The van der Waals surface area contributed by atoms with Gasteiger partial charge < -0.3 is 25.2 Å². The molecule has 0 bridgehead atoms. The molecule has 2 heterocycles. The molecule has 11 heteroatoms. The highest BCUT2D eigenvalue weighted by Gasteiger charge is 2.37. The van der Waals surface area contributed by atoms with Gasteiger partial charge in [0, 0.05) is 42.7 Å². The van der Waals surface area contributed by atoms with Gasteiger partial charge in [-0.25, -0.2) is 23.2 Å². The molecule has 0 aliphatic carbocycles. The number of urea groups is 1. The summed E-state index contributed by atoms with van der Waals surface area (Å²) in [6.45, 7) is 10.2. The fourth-order valence-electron chi connectivity index (χ4n) is 3.88. The molecule has 3 rings (SSSR count). The highest BCUT2D eigenvalue weighted by molar-refractivity contribution is 7.92. The van der Waals surface area contributed by atoms with Gasteiger partial charge in [0.25, 0.3) is 0 Å². The molecule has 0 radical (unpaired) electrons. The summed E-state index contributed by atoms with van der Waals surface area (Å²) >= 11 is 0. The summed E-state index contributed by atoms with van der Waals surface area (Å²) in [7, 11) is 0.452. The van der Waals surface area contributed by atoms with Crippen LogP contribution in [0.25, 0.3) is 11.4 Å². The molecule has 0 saturated carbocycles. The number of carbonyl (C=O) groups is 1. The van der Waals surface area contributed by atoms with Crippen LogP contribution in [0.1, 0.15) is 33.4 Å². The number of amides is 2. The molecule has 2 amide bonds. The van der Waals surface area contributed by atoms with Crippen LogP contribution in [0.3, 0.4) is 0 Å². The van der Waals surface area contributed by atoms with E-state index in [4.69, 9.17) is 14.7 Å². The van der Waals surface area contributed by atoms with Gasteiger partial charge in [0.1, 0.15) is 10.6 Å². The summed E-state index contributed by atoms with van der Waals surface area (Å²) in [5, 5.41) is 5.63. The van der Waals surface area contributed by atoms with Crippen LogP contribution in [0.15, 0.2) is 30.3 Å². The standard InChI is InChI=1S/C25H38N6O4S/c1-7-36(33,34)25(3,4)21-16-22(31-14-15-35-17-18(31)2)29-23(28-21)19-8-10-20(11-9-19)27-24(32)26-12-13-30(5)6/h8-11,16,18H,7,12-15,17H2,1-6H3,(H2,26,27,32)/t18-/m0/s1. The number of morpholine rings is 1. The summed E-state index contributed by atoms with van der Waals surface area (Å²) < 4.78 is 30.3. The molecule has 2 aromatic rings. The maximum Gasteiger partial charge on any atom is 0.319 e. The number of anilines is 2. The predicted octanol–water partition coefficient (Wildman–Crippen LogP) is 2.72. The van der Waals surface area contributed by atoms with Crippen LogP contribution in [0.4, 0.5) is 16.3 Å². The summed E-state index contributed by atoms with van der Waals surface area (Å²) in [6, 6.07) is 8.80. The van der Waals surface area contributed by atoms with Gasteiger partial charge in [-0.05, 0) is 59.1 Å². The number of hydrogen-bond donors (Lipinski definition) is 2. The van der Waals surface area contributed by atoms with Gasteiger partial charge >= 0.3 is 6.03 Å². The van der Waals surface area contributed by atoms with Gasteiger partial charge in [-0.3, -0.25) is 0 Å². The first-order chi connectivity index (χ1) is 16.9. The molecular formula is C25H38N6O4S. The third-order valence-electron chi connectivity index (χ3n) is 6.39. The van der Waals surface area contributed by atoms with E-state index in [0.29, 0.717) is 49.3 Å². The van der Waals surface area contributed by atoms with E-state index in [0.717, 1.165) is 12.1 Å². The van der Waals surface area contributed by atoms with E-state index in [1.54, 1.807) is 39.0 Å². The first-order valence-corrected chi connectivity index (χ1v) is 13.9. The van der Waals surface area contributed by atoms with Crippen molar-refractivity contribution in [1.82, 2.24) is 20.2 Å². The second-order valence-electron chi connectivity index (χ2n) is 9.73.